The van der Waals surface area contributed by atoms with Crippen molar-refractivity contribution in [3.05, 3.63) is 60.3 Å². The van der Waals surface area contributed by atoms with E-state index >= 15 is 0 Å². The molecule has 0 spiro atoms. The number of thioether (sulfide) groups is 1. The second-order valence-corrected chi connectivity index (χ2v) is 7.98. The number of benzene rings is 1. The van der Waals surface area contributed by atoms with Crippen LogP contribution in [0, 0.1) is 0 Å². The fourth-order valence-electron chi connectivity index (χ4n) is 2.95. The predicted molar refractivity (Wildman–Crippen MR) is 111 cm³/mol. The Balaban J connectivity index is 1.33. The number of allylic oxidation sites excluding steroid dienone is 1. The van der Waals surface area contributed by atoms with Crippen LogP contribution in [-0.4, -0.2) is 26.5 Å². The Labute approximate surface area is 175 Å². The zero-order valence-corrected chi connectivity index (χ0v) is 16.9. The zero-order chi connectivity index (χ0) is 19.6. The third kappa shape index (κ3) is 3.54. The van der Waals surface area contributed by atoms with Crippen LogP contribution in [0.1, 0.15) is 5.69 Å². The van der Waals surface area contributed by atoms with Crippen molar-refractivity contribution in [3.8, 4) is 33.7 Å². The average molecular weight is 425 g/mol. The maximum atomic E-state index is 5.47. The lowest BCUT2D eigenvalue weighted by Crippen LogP contribution is -2.00. The molecule has 0 saturated heterocycles. The molecule has 0 atom stereocenters. The molecule has 1 aromatic carbocycles. The summed E-state index contributed by atoms with van der Waals surface area (Å²) in [5, 5.41) is 12.4. The maximum Gasteiger partial charge on any atom is 0.231 e. The van der Waals surface area contributed by atoms with Gasteiger partial charge in [-0.15, -0.1) is 28.1 Å². The fourth-order valence-corrected chi connectivity index (χ4v) is 4.71. The van der Waals surface area contributed by atoms with Gasteiger partial charge < -0.3 is 13.9 Å². The lowest BCUT2D eigenvalue weighted by Gasteiger charge is -2.05. The smallest absolute Gasteiger partial charge is 0.231 e. The highest BCUT2D eigenvalue weighted by Gasteiger charge is 2.17. The molecule has 0 radical (unpaired) electrons. The molecule has 4 heterocycles. The Morgan fingerprint density at radius 2 is 2.14 bits per heavy atom. The van der Waals surface area contributed by atoms with Gasteiger partial charge in [-0.1, -0.05) is 17.8 Å². The van der Waals surface area contributed by atoms with Gasteiger partial charge in [-0.3, -0.25) is 4.57 Å². The van der Waals surface area contributed by atoms with E-state index in [0.717, 1.165) is 32.9 Å². The second kappa shape index (κ2) is 7.76. The molecule has 1 aliphatic rings. The molecular formula is C20H16N4O3S2. The maximum absolute atomic E-state index is 5.47. The predicted octanol–water partition coefficient (Wildman–Crippen LogP) is 4.87. The number of furan rings is 1. The number of ether oxygens (including phenoxy) is 2. The number of hydrogen-bond donors (Lipinski definition) is 0. The summed E-state index contributed by atoms with van der Waals surface area (Å²) in [4.78, 5) is 4.76. The molecule has 0 N–H and O–H groups in total. The van der Waals surface area contributed by atoms with Crippen molar-refractivity contribution in [2.75, 3.05) is 6.79 Å². The summed E-state index contributed by atoms with van der Waals surface area (Å²) < 4.78 is 18.3. The van der Waals surface area contributed by atoms with Gasteiger partial charge in [0.25, 0.3) is 0 Å². The van der Waals surface area contributed by atoms with Gasteiger partial charge in [0, 0.05) is 23.2 Å². The summed E-state index contributed by atoms with van der Waals surface area (Å²) in [7, 11) is 0. The standard InChI is InChI=1S/C20H16N4O3S2/c1-2-7-24-18(16-4-3-8-25-16)22-23-20(24)29-11-14-10-28-19(21-14)13-5-6-15-17(9-13)27-12-26-15/h2-6,8-10H,1,7,11-12H2. The van der Waals surface area contributed by atoms with Crippen molar-refractivity contribution in [2.24, 2.45) is 0 Å². The molecular weight excluding hydrogens is 408 g/mol. The van der Waals surface area contributed by atoms with E-state index in [1.165, 1.54) is 0 Å². The monoisotopic (exact) mass is 424 g/mol. The lowest BCUT2D eigenvalue weighted by molar-refractivity contribution is 0.174. The molecule has 0 bridgehead atoms. The summed E-state index contributed by atoms with van der Waals surface area (Å²) in [5.74, 6) is 3.60. The van der Waals surface area contributed by atoms with Gasteiger partial charge in [0.2, 0.25) is 12.6 Å². The van der Waals surface area contributed by atoms with Gasteiger partial charge in [0.1, 0.15) is 5.01 Å². The summed E-state index contributed by atoms with van der Waals surface area (Å²) in [6.45, 7) is 4.70. The molecule has 4 aromatic rings. The molecule has 0 aliphatic carbocycles. The minimum atomic E-state index is 0.268. The zero-order valence-electron chi connectivity index (χ0n) is 15.3. The topological polar surface area (TPSA) is 75.2 Å². The number of rotatable bonds is 7. The highest BCUT2D eigenvalue weighted by Crippen LogP contribution is 2.37. The van der Waals surface area contributed by atoms with E-state index in [-0.39, 0.29) is 6.79 Å². The van der Waals surface area contributed by atoms with Crippen LogP contribution in [0.4, 0.5) is 0 Å². The highest BCUT2D eigenvalue weighted by molar-refractivity contribution is 7.98. The fraction of sp³-hybridized carbons (Fsp3) is 0.150. The molecule has 0 unspecified atom stereocenters. The first kappa shape index (κ1) is 18.0. The Morgan fingerprint density at radius 3 is 3.00 bits per heavy atom. The molecule has 1 aliphatic heterocycles. The summed E-state index contributed by atoms with van der Waals surface area (Å²) in [6.07, 6.45) is 3.45. The van der Waals surface area contributed by atoms with E-state index < -0.39 is 0 Å². The third-order valence-electron chi connectivity index (χ3n) is 4.29. The largest absolute Gasteiger partial charge is 0.461 e. The van der Waals surface area contributed by atoms with Crippen molar-refractivity contribution in [3.63, 3.8) is 0 Å². The molecule has 146 valence electrons. The van der Waals surface area contributed by atoms with Gasteiger partial charge in [0.15, 0.2) is 22.4 Å². The van der Waals surface area contributed by atoms with Crippen LogP contribution >= 0.6 is 23.1 Å². The normalized spacial score (nSPS) is 12.4. The van der Waals surface area contributed by atoms with Crippen molar-refractivity contribution in [2.45, 2.75) is 17.5 Å². The molecule has 0 amide bonds. The van der Waals surface area contributed by atoms with E-state index in [9.17, 15) is 0 Å². The average Bonchev–Trinajstić information content (AvgIpc) is 3.53. The molecule has 7 nitrogen and oxygen atoms in total. The van der Waals surface area contributed by atoms with Crippen LogP contribution < -0.4 is 9.47 Å². The molecule has 5 rings (SSSR count). The van der Waals surface area contributed by atoms with Crippen LogP contribution in [0.15, 0.2) is 64.2 Å². The van der Waals surface area contributed by atoms with Crippen LogP contribution in [0.25, 0.3) is 22.2 Å². The first-order valence-electron chi connectivity index (χ1n) is 8.87. The first-order chi connectivity index (χ1) is 14.3. The number of nitrogens with zero attached hydrogens (tertiary/aromatic N) is 4. The Kier molecular flexibility index (Phi) is 4.82. The van der Waals surface area contributed by atoms with Gasteiger partial charge >= 0.3 is 0 Å². The first-order valence-corrected chi connectivity index (χ1v) is 10.7. The summed E-state index contributed by atoms with van der Waals surface area (Å²) >= 11 is 3.19. The van der Waals surface area contributed by atoms with E-state index in [4.69, 9.17) is 18.9 Å². The number of hydrogen-bond acceptors (Lipinski definition) is 8. The SMILES string of the molecule is C=CCn1c(SCc2csc(-c3ccc4c(c3)OCO4)n2)nnc1-c1ccco1. The van der Waals surface area contributed by atoms with E-state index in [0.29, 0.717) is 23.9 Å². The number of thiazole rings is 1. The minimum absolute atomic E-state index is 0.268. The molecule has 9 heteroatoms. The van der Waals surface area contributed by atoms with Gasteiger partial charge in [-0.25, -0.2) is 4.98 Å². The van der Waals surface area contributed by atoms with E-state index in [2.05, 4.69) is 22.2 Å². The minimum Gasteiger partial charge on any atom is -0.461 e. The second-order valence-electron chi connectivity index (χ2n) is 6.18. The van der Waals surface area contributed by atoms with E-state index in [1.54, 1.807) is 29.4 Å². The van der Waals surface area contributed by atoms with Gasteiger partial charge in [-0.2, -0.15) is 0 Å². The van der Waals surface area contributed by atoms with Crippen molar-refractivity contribution >= 4 is 23.1 Å². The number of fused-ring (bicyclic) bond motifs is 1. The van der Waals surface area contributed by atoms with Crippen LogP contribution in [-0.2, 0) is 12.3 Å². The Morgan fingerprint density at radius 1 is 1.21 bits per heavy atom. The van der Waals surface area contributed by atoms with Crippen molar-refractivity contribution in [1.82, 2.24) is 19.7 Å². The molecule has 3 aromatic heterocycles. The Hall–Kier alpha value is -3.04. The van der Waals surface area contributed by atoms with Crippen molar-refractivity contribution in [1.29, 1.82) is 0 Å². The van der Waals surface area contributed by atoms with Gasteiger partial charge in [0.05, 0.1) is 12.0 Å². The highest BCUT2D eigenvalue weighted by atomic mass is 32.2. The van der Waals surface area contributed by atoms with Crippen LogP contribution in [0.2, 0.25) is 0 Å². The number of aromatic nitrogens is 4. The summed E-state index contributed by atoms with van der Waals surface area (Å²) in [5.41, 5.74) is 2.01. The van der Waals surface area contributed by atoms with Gasteiger partial charge in [-0.05, 0) is 30.3 Å². The van der Waals surface area contributed by atoms with Crippen molar-refractivity contribution < 1.29 is 13.9 Å². The molecule has 0 saturated carbocycles. The molecule has 29 heavy (non-hydrogen) atoms. The third-order valence-corrected chi connectivity index (χ3v) is 6.23. The van der Waals surface area contributed by atoms with Crippen LogP contribution in [0.5, 0.6) is 11.5 Å². The lowest BCUT2D eigenvalue weighted by atomic mass is 10.2. The van der Waals surface area contributed by atoms with E-state index in [1.807, 2.05) is 41.0 Å². The quantitative estimate of drug-likeness (QED) is 0.309. The Bertz CT molecular complexity index is 1150. The summed E-state index contributed by atoms with van der Waals surface area (Å²) in [6, 6.07) is 9.59. The van der Waals surface area contributed by atoms with Crippen LogP contribution in [0.3, 0.4) is 0 Å². The molecule has 0 fully saturated rings.